The number of pyridine rings is 1. The molecule has 3 rings (SSSR count). The zero-order valence-corrected chi connectivity index (χ0v) is 17.2. The van der Waals surface area contributed by atoms with Crippen LogP contribution in [0.3, 0.4) is 0 Å². The van der Waals surface area contributed by atoms with E-state index >= 15 is 0 Å². The molecule has 0 spiro atoms. The molecule has 0 saturated carbocycles. The van der Waals surface area contributed by atoms with Gasteiger partial charge in [-0.3, -0.25) is 14.6 Å². The molecule has 162 valence electrons. The lowest BCUT2D eigenvalue weighted by molar-refractivity contribution is -0.141. The van der Waals surface area contributed by atoms with Gasteiger partial charge in [0.05, 0.1) is 6.42 Å². The Hall–Kier alpha value is -3.22. The maximum Gasteiger partial charge on any atom is 0.389 e. The van der Waals surface area contributed by atoms with E-state index in [1.54, 1.807) is 26.1 Å². The number of aromatic nitrogens is 1. The summed E-state index contributed by atoms with van der Waals surface area (Å²) in [5.74, 6) is -1.78. The third-order valence-corrected chi connectivity index (χ3v) is 4.87. The number of carbonyl (C=O) groups excluding carboxylic acids is 2. The Morgan fingerprint density at radius 3 is 2.26 bits per heavy atom. The van der Waals surface area contributed by atoms with Gasteiger partial charge in [0, 0.05) is 35.5 Å². The van der Waals surface area contributed by atoms with E-state index in [0.717, 1.165) is 10.8 Å². The van der Waals surface area contributed by atoms with Gasteiger partial charge in [0.15, 0.2) is 0 Å². The largest absolute Gasteiger partial charge is 0.389 e. The van der Waals surface area contributed by atoms with E-state index < -0.39 is 24.4 Å². The summed E-state index contributed by atoms with van der Waals surface area (Å²) >= 11 is 0. The maximum atomic E-state index is 13.1. The second-order valence-corrected chi connectivity index (χ2v) is 7.81. The van der Waals surface area contributed by atoms with Gasteiger partial charge in [-0.2, -0.15) is 13.2 Å². The molecular formula is C24H23F3N2O2. The molecule has 1 unspecified atom stereocenters. The monoisotopic (exact) mass is 428 g/mol. The summed E-state index contributed by atoms with van der Waals surface area (Å²) < 4.78 is 39.2. The minimum Gasteiger partial charge on any atom is -0.354 e. The van der Waals surface area contributed by atoms with Crippen molar-refractivity contribution in [1.82, 2.24) is 10.3 Å². The summed E-state index contributed by atoms with van der Waals surface area (Å²) in [6, 6.07) is 15.0. The molecule has 0 bridgehead atoms. The predicted molar refractivity (Wildman–Crippen MR) is 113 cm³/mol. The molecule has 0 aliphatic carbocycles. The second-order valence-electron chi connectivity index (χ2n) is 7.81. The summed E-state index contributed by atoms with van der Waals surface area (Å²) in [5, 5.41) is 4.41. The lowest BCUT2D eigenvalue weighted by Crippen LogP contribution is -2.32. The first kappa shape index (κ1) is 22.5. The number of alkyl halides is 3. The van der Waals surface area contributed by atoms with Crippen LogP contribution in [0.4, 0.5) is 13.2 Å². The summed E-state index contributed by atoms with van der Waals surface area (Å²) in [7, 11) is 0. The third kappa shape index (κ3) is 6.13. The van der Waals surface area contributed by atoms with E-state index in [4.69, 9.17) is 0 Å². The molecule has 0 aliphatic rings. The standard InChI is InChI=1S/C24H23F3N2O2/c1-15(2)29-22(30)12-20(13-24(25,26)27)16-7-9-17(10-8-16)23(31)21-11-18-5-3-4-6-19(18)14-28-21/h3-11,14-15,20H,12-13H2,1-2H3,(H,29,30). The van der Waals surface area contributed by atoms with Gasteiger partial charge in [0.25, 0.3) is 0 Å². The minimum absolute atomic E-state index is 0.159. The zero-order valence-electron chi connectivity index (χ0n) is 17.2. The number of benzene rings is 2. The minimum atomic E-state index is -4.41. The molecule has 0 saturated heterocycles. The van der Waals surface area contributed by atoms with Gasteiger partial charge in [-0.1, -0.05) is 48.5 Å². The first-order valence-corrected chi connectivity index (χ1v) is 9.98. The van der Waals surface area contributed by atoms with E-state index in [1.165, 1.54) is 24.3 Å². The first-order valence-electron chi connectivity index (χ1n) is 9.98. The second kappa shape index (κ2) is 9.29. The van der Waals surface area contributed by atoms with Gasteiger partial charge in [-0.15, -0.1) is 0 Å². The van der Waals surface area contributed by atoms with Crippen molar-refractivity contribution >= 4 is 22.5 Å². The molecule has 4 nitrogen and oxygen atoms in total. The van der Waals surface area contributed by atoms with Crippen LogP contribution in [-0.4, -0.2) is 28.9 Å². The molecule has 2 aromatic carbocycles. The molecule has 1 heterocycles. The van der Waals surface area contributed by atoms with Crippen molar-refractivity contribution in [2.75, 3.05) is 0 Å². The molecule has 1 aromatic heterocycles. The average molecular weight is 428 g/mol. The molecule has 1 amide bonds. The number of carbonyl (C=O) groups is 2. The number of halogens is 3. The van der Waals surface area contributed by atoms with Gasteiger partial charge in [0.1, 0.15) is 5.69 Å². The van der Waals surface area contributed by atoms with Crippen LogP contribution in [0, 0.1) is 0 Å². The SMILES string of the molecule is CC(C)NC(=O)CC(CC(F)(F)F)c1ccc(C(=O)c2cc3ccccc3cn2)cc1. The van der Waals surface area contributed by atoms with Gasteiger partial charge in [-0.05, 0) is 30.9 Å². The number of hydrogen-bond acceptors (Lipinski definition) is 3. The smallest absolute Gasteiger partial charge is 0.354 e. The normalized spacial score (nSPS) is 12.7. The fourth-order valence-corrected chi connectivity index (χ4v) is 3.45. The Morgan fingerprint density at radius 1 is 1.00 bits per heavy atom. The van der Waals surface area contributed by atoms with E-state index in [1.807, 2.05) is 24.3 Å². The molecule has 0 radical (unpaired) electrons. The van der Waals surface area contributed by atoms with Crippen LogP contribution in [0.25, 0.3) is 10.8 Å². The van der Waals surface area contributed by atoms with Crippen molar-refractivity contribution in [3.8, 4) is 0 Å². The number of hydrogen-bond donors (Lipinski definition) is 1. The summed E-state index contributed by atoms with van der Waals surface area (Å²) in [5.41, 5.74) is 0.942. The Bertz CT molecular complexity index is 1080. The highest BCUT2D eigenvalue weighted by atomic mass is 19.4. The third-order valence-electron chi connectivity index (χ3n) is 4.87. The van der Waals surface area contributed by atoms with Crippen LogP contribution in [0.15, 0.2) is 60.8 Å². The van der Waals surface area contributed by atoms with E-state index in [0.29, 0.717) is 11.1 Å². The maximum absolute atomic E-state index is 13.1. The number of ketones is 1. The molecular weight excluding hydrogens is 405 g/mol. The van der Waals surface area contributed by atoms with Crippen LogP contribution < -0.4 is 5.32 Å². The first-order chi connectivity index (χ1) is 14.6. The summed E-state index contributed by atoms with van der Waals surface area (Å²) in [4.78, 5) is 29.0. The lowest BCUT2D eigenvalue weighted by atomic mass is 9.90. The lowest BCUT2D eigenvalue weighted by Gasteiger charge is -2.20. The van der Waals surface area contributed by atoms with Crippen LogP contribution in [0.1, 0.15) is 54.2 Å². The van der Waals surface area contributed by atoms with Crippen LogP contribution in [0.5, 0.6) is 0 Å². The quantitative estimate of drug-likeness (QED) is 0.512. The number of nitrogens with one attached hydrogen (secondary N) is 1. The summed E-state index contributed by atoms with van der Waals surface area (Å²) in [6.45, 7) is 3.50. The van der Waals surface area contributed by atoms with Gasteiger partial charge >= 0.3 is 6.18 Å². The van der Waals surface area contributed by atoms with E-state index in [2.05, 4.69) is 10.3 Å². The summed E-state index contributed by atoms with van der Waals surface area (Å²) in [6.07, 6.45) is -4.19. The van der Waals surface area contributed by atoms with Crippen molar-refractivity contribution in [3.63, 3.8) is 0 Å². The van der Waals surface area contributed by atoms with Crippen molar-refractivity contribution in [3.05, 3.63) is 77.6 Å². The molecule has 1 N–H and O–H groups in total. The number of nitrogens with zero attached hydrogens (tertiary/aromatic N) is 1. The number of rotatable bonds is 7. The molecule has 1 atom stereocenters. The topological polar surface area (TPSA) is 59.1 Å². The zero-order chi connectivity index (χ0) is 22.6. The van der Waals surface area contributed by atoms with Crippen molar-refractivity contribution < 1.29 is 22.8 Å². The van der Waals surface area contributed by atoms with Crippen molar-refractivity contribution in [2.45, 2.75) is 44.8 Å². The highest BCUT2D eigenvalue weighted by Gasteiger charge is 2.33. The Balaban J connectivity index is 1.82. The number of amides is 1. The molecule has 31 heavy (non-hydrogen) atoms. The molecule has 0 fully saturated rings. The van der Waals surface area contributed by atoms with Gasteiger partial charge in [0.2, 0.25) is 11.7 Å². The highest BCUT2D eigenvalue weighted by Crippen LogP contribution is 2.33. The molecule has 0 aliphatic heterocycles. The van der Waals surface area contributed by atoms with Crippen molar-refractivity contribution in [1.29, 1.82) is 0 Å². The van der Waals surface area contributed by atoms with Gasteiger partial charge in [-0.25, -0.2) is 0 Å². The van der Waals surface area contributed by atoms with E-state index in [9.17, 15) is 22.8 Å². The average Bonchev–Trinajstić information content (AvgIpc) is 2.71. The Kier molecular flexibility index (Phi) is 6.73. The van der Waals surface area contributed by atoms with Gasteiger partial charge < -0.3 is 5.32 Å². The fraction of sp³-hybridized carbons (Fsp3) is 0.292. The molecule has 7 heteroatoms. The van der Waals surface area contributed by atoms with Crippen LogP contribution >= 0.6 is 0 Å². The Morgan fingerprint density at radius 2 is 1.65 bits per heavy atom. The highest BCUT2D eigenvalue weighted by molar-refractivity contribution is 6.09. The predicted octanol–water partition coefficient (Wildman–Crippen LogP) is 5.42. The van der Waals surface area contributed by atoms with Crippen LogP contribution in [0.2, 0.25) is 0 Å². The van der Waals surface area contributed by atoms with Crippen molar-refractivity contribution in [2.24, 2.45) is 0 Å². The molecule has 3 aromatic rings. The number of fused-ring (bicyclic) bond motifs is 1. The fourth-order valence-electron chi connectivity index (χ4n) is 3.45. The van der Waals surface area contributed by atoms with E-state index in [-0.39, 0.29) is 23.9 Å². The van der Waals surface area contributed by atoms with Crippen LogP contribution in [-0.2, 0) is 4.79 Å². The Labute approximate surface area is 178 Å².